The second-order valence-electron chi connectivity index (χ2n) is 6.40. The molecule has 0 amide bonds. The fourth-order valence-corrected chi connectivity index (χ4v) is 2.73. The van der Waals surface area contributed by atoms with Crippen LogP contribution in [0.5, 0.6) is 5.75 Å². The van der Waals surface area contributed by atoms with Gasteiger partial charge in [-0.05, 0) is 24.3 Å². The molecule has 0 aliphatic carbocycles. The van der Waals surface area contributed by atoms with Crippen LogP contribution in [0.2, 0.25) is 0 Å². The van der Waals surface area contributed by atoms with Crippen LogP contribution < -0.4 is 5.56 Å². The van der Waals surface area contributed by atoms with Gasteiger partial charge in [-0.25, -0.2) is 13.8 Å². The molecule has 0 spiro atoms. The van der Waals surface area contributed by atoms with Crippen molar-refractivity contribution in [2.45, 2.75) is 32.6 Å². The highest BCUT2D eigenvalue weighted by atomic mass is 19.3. The molecule has 0 atom stereocenters. The predicted octanol–water partition coefficient (Wildman–Crippen LogP) is 4.33. The number of halogens is 2. The average Bonchev–Trinajstić information content (AvgIpc) is 2.53. The van der Waals surface area contributed by atoms with E-state index in [2.05, 4.69) is 4.98 Å². The first-order chi connectivity index (χ1) is 11.7. The summed E-state index contributed by atoms with van der Waals surface area (Å²) in [7, 11) is 0. The van der Waals surface area contributed by atoms with Gasteiger partial charge in [0.15, 0.2) is 0 Å². The van der Waals surface area contributed by atoms with E-state index in [1.54, 1.807) is 0 Å². The second kappa shape index (κ2) is 5.95. The third kappa shape index (κ3) is 3.12. The van der Waals surface area contributed by atoms with Crippen LogP contribution in [0.4, 0.5) is 8.78 Å². The van der Waals surface area contributed by atoms with Gasteiger partial charge in [0.1, 0.15) is 11.6 Å². The van der Waals surface area contributed by atoms with Crippen molar-refractivity contribution in [3.63, 3.8) is 0 Å². The summed E-state index contributed by atoms with van der Waals surface area (Å²) in [4.78, 5) is 17.4. The molecule has 130 valence electrons. The molecule has 1 aromatic heterocycles. The first kappa shape index (κ1) is 17.1. The topological polar surface area (TPSA) is 55.1 Å². The Labute approximate surface area is 143 Å². The molecule has 0 unspecified atom stereocenters. The minimum absolute atomic E-state index is 0.0291. The summed E-state index contributed by atoms with van der Waals surface area (Å²) < 4.78 is 28.3. The first-order valence-electron chi connectivity index (χ1n) is 7.93. The smallest absolute Gasteiger partial charge is 0.270 e. The van der Waals surface area contributed by atoms with E-state index in [-0.39, 0.29) is 22.8 Å². The minimum atomic E-state index is -2.94. The van der Waals surface area contributed by atoms with Crippen molar-refractivity contribution >= 4 is 10.9 Å². The van der Waals surface area contributed by atoms with Crippen LogP contribution in [0.15, 0.2) is 47.3 Å². The van der Waals surface area contributed by atoms with Crippen molar-refractivity contribution in [2.75, 3.05) is 0 Å². The summed E-state index contributed by atoms with van der Waals surface area (Å²) in [5.74, 6) is -2.49. The molecule has 6 heteroatoms. The maximum Gasteiger partial charge on any atom is 0.270 e. The fourth-order valence-electron chi connectivity index (χ4n) is 2.73. The van der Waals surface area contributed by atoms with Gasteiger partial charge in [-0.1, -0.05) is 26.0 Å². The first-order valence-corrected chi connectivity index (χ1v) is 7.93. The van der Waals surface area contributed by atoms with E-state index < -0.39 is 5.92 Å². The second-order valence-corrected chi connectivity index (χ2v) is 6.40. The van der Waals surface area contributed by atoms with Gasteiger partial charge in [0.2, 0.25) is 0 Å². The van der Waals surface area contributed by atoms with Crippen LogP contribution in [0, 0.1) is 0 Å². The lowest BCUT2D eigenvalue weighted by atomic mass is 10.1. The lowest BCUT2D eigenvalue weighted by molar-refractivity contribution is 0.0175. The molecule has 2 aromatic carbocycles. The zero-order valence-electron chi connectivity index (χ0n) is 14.1. The normalized spacial score (nSPS) is 12.1. The number of hydrogen-bond acceptors (Lipinski definition) is 3. The molecular formula is C19H18F2N2O2. The summed E-state index contributed by atoms with van der Waals surface area (Å²) in [5.41, 5.74) is 0.463. The number of benzene rings is 2. The van der Waals surface area contributed by atoms with Gasteiger partial charge in [-0.15, -0.1) is 0 Å². The lowest BCUT2D eigenvalue weighted by Crippen LogP contribution is -2.24. The van der Waals surface area contributed by atoms with Gasteiger partial charge < -0.3 is 5.11 Å². The van der Waals surface area contributed by atoms with E-state index in [4.69, 9.17) is 0 Å². The van der Waals surface area contributed by atoms with Crippen LogP contribution in [-0.4, -0.2) is 14.7 Å². The number of hydrogen-bond donors (Lipinski definition) is 1. The van der Waals surface area contributed by atoms with Crippen molar-refractivity contribution in [3.8, 4) is 11.4 Å². The quantitative estimate of drug-likeness (QED) is 0.769. The third-order valence-electron chi connectivity index (χ3n) is 4.03. The van der Waals surface area contributed by atoms with Crippen LogP contribution in [0.3, 0.4) is 0 Å². The van der Waals surface area contributed by atoms with E-state index in [1.807, 2.05) is 13.8 Å². The highest BCUT2D eigenvalue weighted by Gasteiger charge is 2.24. The summed E-state index contributed by atoms with van der Waals surface area (Å²) in [6.45, 7) is 4.61. The highest BCUT2D eigenvalue weighted by molar-refractivity contribution is 5.79. The summed E-state index contributed by atoms with van der Waals surface area (Å²) in [5, 5.41) is 9.98. The Kier molecular flexibility index (Phi) is 4.06. The Bertz CT molecular complexity index is 987. The Morgan fingerprint density at radius 1 is 1.12 bits per heavy atom. The molecule has 0 aliphatic rings. The van der Waals surface area contributed by atoms with Crippen molar-refractivity contribution in [3.05, 3.63) is 64.2 Å². The van der Waals surface area contributed by atoms with Gasteiger partial charge in [-0.3, -0.25) is 9.36 Å². The molecule has 0 aliphatic heterocycles. The summed E-state index contributed by atoms with van der Waals surface area (Å²) in [6, 6.07) is 9.98. The van der Waals surface area contributed by atoms with Crippen molar-refractivity contribution in [1.29, 1.82) is 0 Å². The van der Waals surface area contributed by atoms with E-state index >= 15 is 0 Å². The molecule has 1 heterocycles. The van der Waals surface area contributed by atoms with Gasteiger partial charge in [0, 0.05) is 24.5 Å². The molecule has 0 radical (unpaired) electrons. The van der Waals surface area contributed by atoms with E-state index in [1.165, 1.54) is 47.0 Å². The molecule has 0 bridgehead atoms. The molecule has 1 N–H and O–H groups in total. The van der Waals surface area contributed by atoms with Crippen LogP contribution in [0.25, 0.3) is 16.6 Å². The number of rotatable bonds is 3. The number of nitrogens with zero attached hydrogens (tertiary/aromatic N) is 2. The Morgan fingerprint density at radius 3 is 2.32 bits per heavy atom. The zero-order valence-corrected chi connectivity index (χ0v) is 14.1. The minimum Gasteiger partial charge on any atom is -0.508 e. The van der Waals surface area contributed by atoms with E-state index in [0.717, 1.165) is 6.92 Å². The van der Waals surface area contributed by atoms with Crippen LogP contribution in [-0.2, 0) is 5.92 Å². The van der Waals surface area contributed by atoms with E-state index in [0.29, 0.717) is 22.4 Å². The Hall–Kier alpha value is -2.76. The maximum atomic E-state index is 13.4. The summed E-state index contributed by atoms with van der Waals surface area (Å²) in [6.07, 6.45) is 0. The number of aromatic hydroxyl groups is 1. The molecule has 3 aromatic rings. The number of phenols is 1. The zero-order chi connectivity index (χ0) is 18.4. The third-order valence-corrected chi connectivity index (χ3v) is 4.03. The number of aromatic nitrogens is 2. The van der Waals surface area contributed by atoms with E-state index in [9.17, 15) is 18.7 Å². The molecule has 0 saturated heterocycles. The SMILES string of the molecule is CC(C)c1nc2cc(O)ccc2c(=O)n1-c1ccc(C(C)(F)F)cc1. The standard InChI is InChI=1S/C19H18F2N2O2/c1-11(2)17-22-16-10-14(24)8-9-15(16)18(25)23(17)13-6-4-12(5-7-13)19(3,20)21/h4-11,24H,1-3H3. The monoisotopic (exact) mass is 344 g/mol. The van der Waals surface area contributed by atoms with Crippen molar-refractivity contribution in [2.24, 2.45) is 0 Å². The van der Waals surface area contributed by atoms with Gasteiger partial charge in [-0.2, -0.15) is 0 Å². The number of alkyl halides is 2. The summed E-state index contributed by atoms with van der Waals surface area (Å²) >= 11 is 0. The van der Waals surface area contributed by atoms with Crippen molar-refractivity contribution in [1.82, 2.24) is 9.55 Å². The molecule has 25 heavy (non-hydrogen) atoms. The largest absolute Gasteiger partial charge is 0.508 e. The molecule has 0 fully saturated rings. The van der Waals surface area contributed by atoms with Crippen LogP contribution in [0.1, 0.15) is 38.1 Å². The van der Waals surface area contributed by atoms with Gasteiger partial charge in [0.25, 0.3) is 11.5 Å². The highest BCUT2D eigenvalue weighted by Crippen LogP contribution is 2.28. The van der Waals surface area contributed by atoms with Crippen molar-refractivity contribution < 1.29 is 13.9 Å². The molecule has 3 rings (SSSR count). The molecular weight excluding hydrogens is 326 g/mol. The maximum absolute atomic E-state index is 13.4. The average molecular weight is 344 g/mol. The lowest BCUT2D eigenvalue weighted by Gasteiger charge is -2.17. The Balaban J connectivity index is 2.27. The molecule has 4 nitrogen and oxygen atoms in total. The number of fused-ring (bicyclic) bond motifs is 1. The van der Waals surface area contributed by atoms with Gasteiger partial charge in [0.05, 0.1) is 16.6 Å². The predicted molar refractivity (Wildman–Crippen MR) is 92.7 cm³/mol. The Morgan fingerprint density at radius 2 is 1.76 bits per heavy atom. The van der Waals surface area contributed by atoms with Crippen LogP contribution >= 0.6 is 0 Å². The van der Waals surface area contributed by atoms with Gasteiger partial charge >= 0.3 is 0 Å². The molecule has 0 saturated carbocycles. The number of phenolic OH excluding ortho intramolecular Hbond substituents is 1. The fraction of sp³-hybridized carbons (Fsp3) is 0.263.